The average Bonchev–Trinajstić information content (AvgIpc) is 3.98. The average molecular weight is 977 g/mol. The van der Waals surface area contributed by atoms with E-state index in [-0.39, 0.29) is 30.0 Å². The van der Waals surface area contributed by atoms with Crippen LogP contribution in [0.15, 0.2) is 109 Å². The molecule has 3 fully saturated rings. The summed E-state index contributed by atoms with van der Waals surface area (Å²) < 4.78 is 41.6. The predicted molar refractivity (Wildman–Crippen MR) is 271 cm³/mol. The summed E-state index contributed by atoms with van der Waals surface area (Å²) in [6, 6.07) is 30.9. The molecule has 0 radical (unpaired) electrons. The fourth-order valence-corrected chi connectivity index (χ4v) is 11.6. The molecule has 4 aromatic carbocycles. The molecule has 0 unspecified atom stereocenters. The molecule has 6 aromatic rings. The number of aromatic nitrogens is 3. The van der Waals surface area contributed by atoms with Crippen LogP contribution in [0, 0.1) is 12.3 Å². The smallest absolute Gasteiger partial charge is 0.333 e. The maximum atomic E-state index is 15.7. The number of hydrogen-bond donors (Lipinski definition) is 0. The Morgan fingerprint density at radius 1 is 0.833 bits per heavy atom. The molecule has 11 rings (SSSR count). The summed E-state index contributed by atoms with van der Waals surface area (Å²) >= 11 is 0. The molecule has 0 bridgehead atoms. The Bertz CT molecular complexity index is 2950. The quantitative estimate of drug-likeness (QED) is 0.107. The number of rotatable bonds is 14. The predicted octanol–water partition coefficient (Wildman–Crippen LogP) is 8.46. The highest BCUT2D eigenvalue weighted by Gasteiger charge is 2.48. The molecule has 1 atom stereocenters. The lowest BCUT2D eigenvalue weighted by atomic mass is 9.63. The van der Waals surface area contributed by atoms with Gasteiger partial charge in [-0.3, -0.25) is 24.2 Å². The van der Waals surface area contributed by atoms with Crippen molar-refractivity contribution >= 4 is 29.1 Å². The molecule has 4 aliphatic heterocycles. The van der Waals surface area contributed by atoms with E-state index in [4.69, 9.17) is 9.47 Å². The molecule has 72 heavy (non-hydrogen) atoms. The highest BCUT2D eigenvalue weighted by Crippen LogP contribution is 2.48. The lowest BCUT2D eigenvalue weighted by Gasteiger charge is -2.57. The van der Waals surface area contributed by atoms with Gasteiger partial charge in [-0.2, -0.15) is 13.9 Å². The molecule has 1 saturated carbocycles. The normalized spacial score (nSPS) is 18.6. The van der Waals surface area contributed by atoms with Crippen molar-refractivity contribution in [2.45, 2.75) is 71.1 Å². The van der Waals surface area contributed by atoms with Gasteiger partial charge in [-0.05, 0) is 108 Å². The van der Waals surface area contributed by atoms with Crippen LogP contribution >= 0.6 is 0 Å². The van der Waals surface area contributed by atoms with Crippen LogP contribution in [-0.4, -0.2) is 123 Å². The van der Waals surface area contributed by atoms with E-state index in [1.165, 1.54) is 42.1 Å². The van der Waals surface area contributed by atoms with Crippen LogP contribution in [0.4, 0.5) is 20.2 Å². The number of carbonyl (C=O) groups excluding carboxylic acids is 3. The van der Waals surface area contributed by atoms with E-state index in [1.807, 2.05) is 72.0 Å². The second kappa shape index (κ2) is 20.1. The number of fused-ring (bicyclic) bond motifs is 2. The minimum Gasteiger partial charge on any atom is -0.492 e. The molecule has 374 valence electrons. The largest absolute Gasteiger partial charge is 0.492 e. The van der Waals surface area contributed by atoms with Gasteiger partial charge in [0.15, 0.2) is 0 Å². The van der Waals surface area contributed by atoms with E-state index in [0.29, 0.717) is 76.5 Å². The third kappa shape index (κ3) is 9.57. The van der Waals surface area contributed by atoms with Crippen molar-refractivity contribution in [3.8, 4) is 17.0 Å². The third-order valence-electron chi connectivity index (χ3n) is 15.9. The number of halogens is 2. The van der Waals surface area contributed by atoms with Crippen LogP contribution in [0.1, 0.15) is 80.0 Å². The summed E-state index contributed by atoms with van der Waals surface area (Å²) in [5, 5.41) is 3.86. The Morgan fingerprint density at radius 2 is 1.58 bits per heavy atom. The number of morpholine rings is 1. The highest BCUT2D eigenvalue weighted by atomic mass is 19.3. The molecule has 5 aliphatic rings. The standard InChI is InChI=1S/C57H62F2N8O5/c1-39-49(55(70)67(45-11-4-3-5-12-45)47-32-60-66(36-47)56(58)59)31-52(61(39)2)50-29-42-17-20-64(53(68)27-40-13-15-48(16-14-40)72-26-23-62-21-24-71-25-22-62)33-44(42)30-51(50)54(69)65-34-43-10-7-6-9-41(43)28-46(65)35-63-37-57(38-63)18-8-19-57/h3-7,9-16,29-32,36,46,56H,8,17-28,33-35,37-38H2,1-2H3/t46-/m0/s1. The van der Waals surface area contributed by atoms with E-state index in [0.717, 1.165) is 86.9 Å². The highest BCUT2D eigenvalue weighted by molar-refractivity contribution is 6.12. The Labute approximate surface area is 419 Å². The fraction of sp³-hybridized carbons (Fsp3) is 0.404. The number of amides is 3. The molecular weight excluding hydrogens is 915 g/mol. The Morgan fingerprint density at radius 3 is 2.31 bits per heavy atom. The maximum absolute atomic E-state index is 15.7. The summed E-state index contributed by atoms with van der Waals surface area (Å²) in [6.07, 6.45) is 7.85. The number of hydrogen-bond acceptors (Lipinski definition) is 8. The van der Waals surface area contributed by atoms with Gasteiger partial charge in [0.25, 0.3) is 11.8 Å². The van der Waals surface area contributed by atoms with Gasteiger partial charge in [0.2, 0.25) is 5.91 Å². The van der Waals surface area contributed by atoms with Gasteiger partial charge in [0, 0.05) is 100 Å². The molecule has 0 N–H and O–H groups in total. The number of ether oxygens (including phenoxy) is 2. The van der Waals surface area contributed by atoms with E-state index >= 15 is 4.79 Å². The Kier molecular flexibility index (Phi) is 13.3. The number of nitrogens with zero attached hydrogens (tertiary/aromatic N) is 8. The van der Waals surface area contributed by atoms with Crippen molar-refractivity contribution in [3.05, 3.63) is 154 Å². The second-order valence-electron chi connectivity index (χ2n) is 20.5. The number of anilines is 2. The second-order valence-corrected chi connectivity index (χ2v) is 20.5. The van der Waals surface area contributed by atoms with Crippen molar-refractivity contribution in [3.63, 3.8) is 0 Å². The summed E-state index contributed by atoms with van der Waals surface area (Å²) in [4.78, 5) is 54.9. The van der Waals surface area contributed by atoms with Gasteiger partial charge in [-0.15, -0.1) is 0 Å². The van der Waals surface area contributed by atoms with Crippen LogP contribution in [0.3, 0.4) is 0 Å². The van der Waals surface area contributed by atoms with E-state index < -0.39 is 12.5 Å². The van der Waals surface area contributed by atoms with Crippen LogP contribution in [0.5, 0.6) is 5.75 Å². The summed E-state index contributed by atoms with van der Waals surface area (Å²) in [5.74, 6) is 0.255. The first-order chi connectivity index (χ1) is 35.0. The van der Waals surface area contributed by atoms with Crippen LogP contribution in [-0.2, 0) is 48.9 Å². The summed E-state index contributed by atoms with van der Waals surface area (Å²) in [6.45, 7) is 7.96. The maximum Gasteiger partial charge on any atom is 0.333 e. The monoisotopic (exact) mass is 976 g/mol. The molecule has 2 saturated heterocycles. The van der Waals surface area contributed by atoms with Crippen LogP contribution < -0.4 is 9.64 Å². The fourth-order valence-electron chi connectivity index (χ4n) is 11.6. The van der Waals surface area contributed by atoms with Gasteiger partial charge >= 0.3 is 6.55 Å². The van der Waals surface area contributed by atoms with Gasteiger partial charge in [-0.1, -0.05) is 61.0 Å². The van der Waals surface area contributed by atoms with Gasteiger partial charge < -0.3 is 28.7 Å². The molecule has 3 amide bonds. The summed E-state index contributed by atoms with van der Waals surface area (Å²) in [5.41, 5.74) is 9.26. The van der Waals surface area contributed by atoms with Crippen LogP contribution in [0.25, 0.3) is 11.3 Å². The van der Waals surface area contributed by atoms with Crippen molar-refractivity contribution in [1.29, 1.82) is 0 Å². The molecule has 1 aliphatic carbocycles. The number of benzene rings is 4. The number of alkyl halides is 2. The lowest BCUT2D eigenvalue weighted by molar-refractivity contribution is -0.131. The minimum absolute atomic E-state index is 0.00773. The zero-order valence-corrected chi connectivity index (χ0v) is 41.1. The molecule has 6 heterocycles. The van der Waals surface area contributed by atoms with E-state index in [1.54, 1.807) is 24.3 Å². The van der Waals surface area contributed by atoms with Crippen molar-refractivity contribution in [1.82, 2.24) is 33.9 Å². The first-order valence-corrected chi connectivity index (χ1v) is 25.4. The number of carbonyl (C=O) groups is 3. The molecule has 13 nitrogen and oxygen atoms in total. The molecule has 15 heteroatoms. The van der Waals surface area contributed by atoms with Gasteiger partial charge in [-0.25, -0.2) is 4.68 Å². The van der Waals surface area contributed by atoms with Gasteiger partial charge in [0.05, 0.1) is 43.3 Å². The minimum atomic E-state index is -2.88. The first kappa shape index (κ1) is 47.6. The zero-order chi connectivity index (χ0) is 49.5. The topological polar surface area (TPSA) is 109 Å². The SMILES string of the molecule is Cc1c(C(=O)N(c2ccccc2)c2cnn(C(F)F)c2)cc(-c2cc3c(cc2C(=O)N2Cc4ccccc4C[C@H]2CN2CC4(CCC4)C2)CN(C(=O)Cc2ccc(OCCN4CCOCC4)cc2)CC3)n1C. The van der Waals surface area contributed by atoms with E-state index in [9.17, 15) is 18.4 Å². The number of likely N-dealkylation sites (tertiary alicyclic amines) is 1. The third-order valence-corrected chi connectivity index (χ3v) is 15.9. The van der Waals surface area contributed by atoms with E-state index in [2.05, 4.69) is 44.1 Å². The zero-order valence-electron chi connectivity index (χ0n) is 41.1. The van der Waals surface area contributed by atoms with Crippen molar-refractivity contribution in [2.75, 3.05) is 70.5 Å². The lowest BCUT2D eigenvalue weighted by Crippen LogP contribution is -2.63. The van der Waals surface area contributed by atoms with Gasteiger partial charge in [0.1, 0.15) is 12.4 Å². The van der Waals surface area contributed by atoms with Crippen molar-refractivity contribution in [2.24, 2.45) is 12.5 Å². The Balaban J connectivity index is 0.908. The first-order valence-electron chi connectivity index (χ1n) is 25.4. The number of para-hydroxylation sites is 1. The van der Waals surface area contributed by atoms with Crippen molar-refractivity contribution < 1.29 is 32.6 Å². The summed E-state index contributed by atoms with van der Waals surface area (Å²) in [7, 11) is 1.89. The molecular formula is C57H62F2N8O5. The molecule has 2 aromatic heterocycles. The van der Waals surface area contributed by atoms with Crippen LogP contribution in [0.2, 0.25) is 0 Å². The Hall–Kier alpha value is -6.68. The molecule has 1 spiro atoms.